The average molecular weight is 338 g/mol. The molecule has 0 spiro atoms. The van der Waals surface area contributed by atoms with Gasteiger partial charge in [-0.3, -0.25) is 0 Å². The number of aromatic nitrogens is 2. The Labute approximate surface area is 125 Å². The molecule has 1 saturated heterocycles. The zero-order chi connectivity index (χ0) is 13.9. The lowest BCUT2D eigenvalue weighted by Crippen LogP contribution is -2.35. The molecule has 1 aliphatic rings. The monoisotopic (exact) mass is 337 g/mol. The molecule has 1 unspecified atom stereocenters. The second kappa shape index (κ2) is 5.95. The van der Waals surface area contributed by atoms with Crippen LogP contribution in [0.4, 0.5) is 0 Å². The summed E-state index contributed by atoms with van der Waals surface area (Å²) in [5.74, 6) is 1.72. The van der Waals surface area contributed by atoms with Crippen molar-refractivity contribution in [3.05, 3.63) is 34.7 Å². The minimum absolute atomic E-state index is 0.138. The molecular weight excluding hydrogens is 322 g/mol. The molecule has 0 bridgehead atoms. The van der Waals surface area contributed by atoms with Gasteiger partial charge in [0.1, 0.15) is 11.6 Å². The fourth-order valence-corrected chi connectivity index (χ4v) is 2.78. The molecule has 20 heavy (non-hydrogen) atoms. The first-order valence-corrected chi connectivity index (χ1v) is 7.27. The Bertz CT molecular complexity index is 594. The Morgan fingerprint density at radius 2 is 2.35 bits per heavy atom. The molecule has 1 atom stereocenters. The number of hydrogen-bond donors (Lipinski definition) is 2. The van der Waals surface area contributed by atoms with Crippen LogP contribution in [0.1, 0.15) is 11.9 Å². The first-order chi connectivity index (χ1) is 9.78. The van der Waals surface area contributed by atoms with E-state index in [1.165, 1.54) is 0 Å². The summed E-state index contributed by atoms with van der Waals surface area (Å²) in [6, 6.07) is 6.09. The lowest BCUT2D eigenvalue weighted by molar-refractivity contribution is 0.0745. The minimum atomic E-state index is 0.138. The molecule has 0 amide bonds. The largest absolute Gasteiger partial charge is 0.496 e. The normalized spacial score (nSPS) is 19.0. The zero-order valence-corrected chi connectivity index (χ0v) is 12.7. The van der Waals surface area contributed by atoms with Crippen molar-refractivity contribution in [3.63, 3.8) is 0 Å². The highest BCUT2D eigenvalue weighted by atomic mass is 79.9. The van der Waals surface area contributed by atoms with E-state index in [2.05, 4.69) is 31.2 Å². The third-order valence-electron chi connectivity index (χ3n) is 3.31. The highest BCUT2D eigenvalue weighted by Crippen LogP contribution is 2.30. The molecule has 5 nitrogen and oxygen atoms in total. The van der Waals surface area contributed by atoms with E-state index in [9.17, 15) is 0 Å². The van der Waals surface area contributed by atoms with E-state index < -0.39 is 0 Å². The quantitative estimate of drug-likeness (QED) is 0.903. The van der Waals surface area contributed by atoms with Gasteiger partial charge >= 0.3 is 0 Å². The SMILES string of the molecule is COc1ccc(-c2cnc(C3COCCN3)[nH]2)cc1Br. The maximum absolute atomic E-state index is 5.45. The number of H-pyrrole nitrogens is 1. The van der Waals surface area contributed by atoms with Crippen molar-refractivity contribution in [1.82, 2.24) is 15.3 Å². The minimum Gasteiger partial charge on any atom is -0.496 e. The van der Waals surface area contributed by atoms with Gasteiger partial charge in [-0.1, -0.05) is 0 Å². The van der Waals surface area contributed by atoms with Crippen molar-refractivity contribution in [3.8, 4) is 17.0 Å². The molecule has 0 saturated carbocycles. The summed E-state index contributed by atoms with van der Waals surface area (Å²) in [5.41, 5.74) is 2.05. The molecule has 1 aromatic heterocycles. The Balaban J connectivity index is 1.84. The summed E-state index contributed by atoms with van der Waals surface area (Å²) in [6.45, 7) is 2.27. The summed E-state index contributed by atoms with van der Waals surface area (Å²) in [5, 5.41) is 3.38. The number of ether oxygens (including phenoxy) is 2. The highest BCUT2D eigenvalue weighted by molar-refractivity contribution is 9.10. The number of aromatic amines is 1. The topological polar surface area (TPSA) is 59.2 Å². The summed E-state index contributed by atoms with van der Waals surface area (Å²) in [7, 11) is 1.66. The van der Waals surface area contributed by atoms with Crippen LogP contribution in [-0.4, -0.2) is 36.8 Å². The highest BCUT2D eigenvalue weighted by Gasteiger charge is 2.18. The summed E-state index contributed by atoms with van der Waals surface area (Å²) >= 11 is 3.50. The van der Waals surface area contributed by atoms with Crippen molar-refractivity contribution in [1.29, 1.82) is 0 Å². The van der Waals surface area contributed by atoms with Crippen LogP contribution in [-0.2, 0) is 4.74 Å². The average Bonchev–Trinajstić information content (AvgIpc) is 2.98. The Hall–Kier alpha value is -1.37. The summed E-state index contributed by atoms with van der Waals surface area (Å²) in [6.07, 6.45) is 1.85. The second-order valence-corrected chi connectivity index (χ2v) is 5.47. The lowest BCUT2D eigenvalue weighted by atomic mass is 10.1. The van der Waals surface area contributed by atoms with Gasteiger partial charge in [-0.2, -0.15) is 0 Å². The molecule has 2 aromatic rings. The van der Waals surface area contributed by atoms with Crippen molar-refractivity contribution < 1.29 is 9.47 Å². The van der Waals surface area contributed by atoms with E-state index in [0.29, 0.717) is 6.61 Å². The number of methoxy groups -OCH3 is 1. The molecule has 2 N–H and O–H groups in total. The van der Waals surface area contributed by atoms with Crippen LogP contribution in [0.3, 0.4) is 0 Å². The number of hydrogen-bond acceptors (Lipinski definition) is 4. The first kappa shape index (κ1) is 13.6. The Morgan fingerprint density at radius 3 is 3.05 bits per heavy atom. The third kappa shape index (κ3) is 2.72. The zero-order valence-electron chi connectivity index (χ0n) is 11.1. The maximum Gasteiger partial charge on any atom is 0.133 e. The molecule has 2 heterocycles. The van der Waals surface area contributed by atoms with Gasteiger partial charge in [-0.05, 0) is 34.1 Å². The molecule has 1 fully saturated rings. The van der Waals surface area contributed by atoms with Crippen LogP contribution in [0.2, 0.25) is 0 Å². The standard InChI is InChI=1S/C14H16BrN3O2/c1-19-13-3-2-9(6-10(13)15)11-7-17-14(18-11)12-8-20-5-4-16-12/h2-3,6-7,12,16H,4-5,8H2,1H3,(H,17,18). The fraction of sp³-hybridized carbons (Fsp3) is 0.357. The van der Waals surface area contributed by atoms with Crippen LogP contribution in [0.5, 0.6) is 5.75 Å². The number of morpholine rings is 1. The van der Waals surface area contributed by atoms with Crippen LogP contribution in [0, 0.1) is 0 Å². The molecule has 106 valence electrons. The van der Waals surface area contributed by atoms with E-state index in [4.69, 9.17) is 9.47 Å². The predicted molar refractivity (Wildman–Crippen MR) is 79.8 cm³/mol. The number of benzene rings is 1. The van der Waals surface area contributed by atoms with Crippen molar-refractivity contribution in [2.45, 2.75) is 6.04 Å². The van der Waals surface area contributed by atoms with Crippen molar-refractivity contribution >= 4 is 15.9 Å². The number of nitrogens with one attached hydrogen (secondary N) is 2. The molecule has 0 aliphatic carbocycles. The van der Waals surface area contributed by atoms with Crippen LogP contribution in [0.25, 0.3) is 11.3 Å². The predicted octanol–water partition coefficient (Wildman–Crippen LogP) is 2.51. The van der Waals surface area contributed by atoms with E-state index in [1.54, 1.807) is 7.11 Å². The third-order valence-corrected chi connectivity index (χ3v) is 3.93. The van der Waals surface area contributed by atoms with Gasteiger partial charge in [-0.15, -0.1) is 0 Å². The van der Waals surface area contributed by atoms with E-state index in [1.807, 2.05) is 24.4 Å². The van der Waals surface area contributed by atoms with Gasteiger partial charge in [0.25, 0.3) is 0 Å². The van der Waals surface area contributed by atoms with E-state index >= 15 is 0 Å². The smallest absolute Gasteiger partial charge is 0.133 e. The lowest BCUT2D eigenvalue weighted by Gasteiger charge is -2.21. The molecule has 1 aliphatic heterocycles. The van der Waals surface area contributed by atoms with Crippen molar-refractivity contribution in [2.75, 3.05) is 26.9 Å². The Kier molecular flexibility index (Phi) is 4.05. The summed E-state index contributed by atoms with van der Waals surface area (Å²) in [4.78, 5) is 7.79. The summed E-state index contributed by atoms with van der Waals surface area (Å²) < 4.78 is 11.6. The van der Waals surface area contributed by atoms with Crippen LogP contribution < -0.4 is 10.1 Å². The van der Waals surface area contributed by atoms with Crippen LogP contribution in [0.15, 0.2) is 28.9 Å². The van der Waals surface area contributed by atoms with Crippen molar-refractivity contribution in [2.24, 2.45) is 0 Å². The van der Waals surface area contributed by atoms with Gasteiger partial charge in [-0.25, -0.2) is 4.98 Å². The van der Waals surface area contributed by atoms with E-state index in [-0.39, 0.29) is 6.04 Å². The van der Waals surface area contributed by atoms with Gasteiger partial charge in [0, 0.05) is 12.1 Å². The number of rotatable bonds is 3. The van der Waals surface area contributed by atoms with Gasteiger partial charge in [0.2, 0.25) is 0 Å². The molecule has 1 aromatic carbocycles. The molecule has 0 radical (unpaired) electrons. The number of imidazole rings is 1. The van der Waals surface area contributed by atoms with Gasteiger partial charge in [0.05, 0.1) is 42.7 Å². The number of nitrogens with zero attached hydrogens (tertiary/aromatic N) is 1. The number of halogens is 1. The maximum atomic E-state index is 5.45. The Morgan fingerprint density at radius 1 is 1.45 bits per heavy atom. The molecule has 3 rings (SSSR count). The van der Waals surface area contributed by atoms with E-state index in [0.717, 1.165) is 40.5 Å². The van der Waals surface area contributed by atoms with Gasteiger partial charge < -0.3 is 19.8 Å². The fourth-order valence-electron chi connectivity index (χ4n) is 2.24. The first-order valence-electron chi connectivity index (χ1n) is 6.48. The molecule has 6 heteroatoms. The van der Waals surface area contributed by atoms with Gasteiger partial charge in [0.15, 0.2) is 0 Å². The molecular formula is C14H16BrN3O2. The van der Waals surface area contributed by atoms with Crippen LogP contribution >= 0.6 is 15.9 Å². The second-order valence-electron chi connectivity index (χ2n) is 4.61.